The van der Waals surface area contributed by atoms with E-state index in [-0.39, 0.29) is 5.56 Å². The minimum Gasteiger partial charge on any atom is -0.335 e. The first-order valence-electron chi connectivity index (χ1n) is 3.34. The summed E-state index contributed by atoms with van der Waals surface area (Å²) in [5.74, 6) is 5.30. The summed E-state index contributed by atoms with van der Waals surface area (Å²) in [5, 5.41) is 4.38. The van der Waals surface area contributed by atoms with Crippen molar-refractivity contribution >= 4 is 11.0 Å². The number of nitrogen functional groups attached to an aromatic ring is 1. The van der Waals surface area contributed by atoms with E-state index in [0.29, 0.717) is 11.0 Å². The molecule has 0 radical (unpaired) electrons. The van der Waals surface area contributed by atoms with Gasteiger partial charge in [-0.1, -0.05) is 0 Å². The van der Waals surface area contributed by atoms with Gasteiger partial charge in [0.15, 0.2) is 5.65 Å². The smallest absolute Gasteiger partial charge is 0.282 e. The first-order valence-corrected chi connectivity index (χ1v) is 3.34. The molecule has 0 aliphatic rings. The van der Waals surface area contributed by atoms with Gasteiger partial charge in [0.25, 0.3) is 5.56 Å². The average molecular weight is 165 g/mol. The Morgan fingerprint density at radius 1 is 1.58 bits per heavy atom. The van der Waals surface area contributed by atoms with Crippen molar-refractivity contribution in [3.8, 4) is 0 Å². The van der Waals surface area contributed by atoms with Gasteiger partial charge < -0.3 is 5.84 Å². The predicted octanol–water partition coefficient (Wildman–Crippen LogP) is -1.16. The Kier molecular flexibility index (Phi) is 1.18. The van der Waals surface area contributed by atoms with Gasteiger partial charge in [0.05, 0.1) is 0 Å². The van der Waals surface area contributed by atoms with Gasteiger partial charge in [-0.25, -0.2) is 9.66 Å². The van der Waals surface area contributed by atoms with Crippen molar-refractivity contribution < 1.29 is 0 Å². The fourth-order valence-corrected chi connectivity index (χ4v) is 1.03. The first kappa shape index (κ1) is 6.84. The van der Waals surface area contributed by atoms with Gasteiger partial charge in [0.1, 0.15) is 11.7 Å². The number of nitrogens with zero attached hydrogens (tertiary/aromatic N) is 4. The number of hydrogen-bond donors (Lipinski definition) is 1. The van der Waals surface area contributed by atoms with E-state index in [4.69, 9.17) is 5.84 Å². The molecule has 6 nitrogen and oxygen atoms in total. The lowest BCUT2D eigenvalue weighted by Gasteiger charge is -1.92. The number of nitrogens with two attached hydrogens (primary N) is 1. The molecular weight excluding hydrogens is 158 g/mol. The van der Waals surface area contributed by atoms with Gasteiger partial charge in [-0.3, -0.25) is 9.48 Å². The van der Waals surface area contributed by atoms with E-state index in [1.807, 2.05) is 0 Å². The van der Waals surface area contributed by atoms with Gasteiger partial charge in [-0.15, -0.1) is 0 Å². The molecule has 0 fully saturated rings. The molecule has 0 saturated heterocycles. The molecule has 0 bridgehead atoms. The molecule has 0 aromatic carbocycles. The molecule has 2 heterocycles. The van der Waals surface area contributed by atoms with Crippen LogP contribution < -0.4 is 11.4 Å². The van der Waals surface area contributed by atoms with Crippen LogP contribution in [0.25, 0.3) is 11.0 Å². The molecule has 2 rings (SSSR count). The highest BCUT2D eigenvalue weighted by Gasteiger charge is 2.04. The van der Waals surface area contributed by atoms with Gasteiger partial charge in [-0.2, -0.15) is 5.10 Å². The van der Waals surface area contributed by atoms with Gasteiger partial charge in [0, 0.05) is 13.2 Å². The first-order chi connectivity index (χ1) is 5.68. The van der Waals surface area contributed by atoms with Crippen LogP contribution in [0.1, 0.15) is 0 Å². The number of aromatic nitrogens is 4. The van der Waals surface area contributed by atoms with E-state index in [1.54, 1.807) is 13.2 Å². The zero-order valence-electron chi connectivity index (χ0n) is 6.43. The molecule has 0 unspecified atom stereocenters. The Bertz CT molecular complexity index is 482. The molecule has 0 amide bonds. The van der Waals surface area contributed by atoms with Crippen LogP contribution in [-0.4, -0.2) is 19.4 Å². The van der Waals surface area contributed by atoms with E-state index < -0.39 is 0 Å². The van der Waals surface area contributed by atoms with Gasteiger partial charge in [0.2, 0.25) is 0 Å². The molecule has 12 heavy (non-hydrogen) atoms. The lowest BCUT2D eigenvalue weighted by atomic mass is 10.4. The maximum atomic E-state index is 11.3. The highest BCUT2D eigenvalue weighted by Crippen LogP contribution is 1.99. The van der Waals surface area contributed by atoms with E-state index in [2.05, 4.69) is 10.1 Å². The molecule has 0 aliphatic heterocycles. The van der Waals surface area contributed by atoms with Crippen LogP contribution in [0.5, 0.6) is 0 Å². The van der Waals surface area contributed by atoms with Crippen molar-refractivity contribution in [1.29, 1.82) is 0 Å². The summed E-state index contributed by atoms with van der Waals surface area (Å²) in [5.41, 5.74) is 0.136. The number of rotatable bonds is 0. The Morgan fingerprint density at radius 3 is 3.08 bits per heavy atom. The number of aryl methyl sites for hydroxylation is 1. The molecule has 0 atom stereocenters. The Morgan fingerprint density at radius 2 is 2.33 bits per heavy atom. The molecule has 0 aliphatic carbocycles. The molecule has 2 aromatic rings. The SMILES string of the molecule is Cn1cc2c(=O)n(N)cnc2n1. The monoisotopic (exact) mass is 165 g/mol. The summed E-state index contributed by atoms with van der Waals surface area (Å²) < 4.78 is 2.46. The Labute approximate surface area is 67.2 Å². The molecule has 0 saturated carbocycles. The second-order valence-electron chi connectivity index (χ2n) is 2.50. The van der Waals surface area contributed by atoms with Gasteiger partial charge >= 0.3 is 0 Å². The van der Waals surface area contributed by atoms with E-state index in [0.717, 1.165) is 4.68 Å². The normalized spacial score (nSPS) is 10.8. The zero-order chi connectivity index (χ0) is 8.72. The molecule has 2 N–H and O–H groups in total. The van der Waals surface area contributed by atoms with Crippen LogP contribution in [-0.2, 0) is 7.05 Å². The number of fused-ring (bicyclic) bond motifs is 1. The minimum absolute atomic E-state index is 0.284. The standard InChI is InChI=1S/C6H7N5O/c1-10-2-4-5(9-10)8-3-11(7)6(4)12/h2-3H,7H2,1H3. The average Bonchev–Trinajstić information content (AvgIpc) is 2.39. The third-order valence-electron chi connectivity index (χ3n) is 1.58. The topological polar surface area (TPSA) is 78.7 Å². The summed E-state index contributed by atoms with van der Waals surface area (Å²) in [6, 6.07) is 0. The summed E-state index contributed by atoms with van der Waals surface area (Å²) in [4.78, 5) is 15.2. The van der Waals surface area contributed by atoms with Crippen molar-refractivity contribution in [2.75, 3.05) is 5.84 Å². The van der Waals surface area contributed by atoms with Crippen molar-refractivity contribution in [1.82, 2.24) is 19.4 Å². The van der Waals surface area contributed by atoms with Crippen molar-refractivity contribution in [2.24, 2.45) is 7.05 Å². The highest BCUT2D eigenvalue weighted by molar-refractivity contribution is 5.72. The van der Waals surface area contributed by atoms with E-state index >= 15 is 0 Å². The van der Waals surface area contributed by atoms with Crippen LogP contribution in [0, 0.1) is 0 Å². The van der Waals surface area contributed by atoms with Crippen molar-refractivity contribution in [2.45, 2.75) is 0 Å². The van der Waals surface area contributed by atoms with Crippen LogP contribution in [0.2, 0.25) is 0 Å². The van der Waals surface area contributed by atoms with Crippen LogP contribution in [0.3, 0.4) is 0 Å². The maximum Gasteiger partial charge on any atom is 0.282 e. The third-order valence-corrected chi connectivity index (χ3v) is 1.58. The molecular formula is C6H7N5O. The maximum absolute atomic E-state index is 11.3. The zero-order valence-corrected chi connectivity index (χ0v) is 6.43. The summed E-state index contributed by atoms with van der Waals surface area (Å²) in [6.45, 7) is 0. The Hall–Kier alpha value is -1.85. The fraction of sp³-hybridized carbons (Fsp3) is 0.167. The predicted molar refractivity (Wildman–Crippen MR) is 42.9 cm³/mol. The molecule has 0 spiro atoms. The van der Waals surface area contributed by atoms with Crippen LogP contribution in [0.15, 0.2) is 17.3 Å². The Balaban J connectivity index is 2.99. The second-order valence-corrected chi connectivity index (χ2v) is 2.50. The fourth-order valence-electron chi connectivity index (χ4n) is 1.03. The third kappa shape index (κ3) is 0.777. The largest absolute Gasteiger partial charge is 0.335 e. The highest BCUT2D eigenvalue weighted by atomic mass is 16.1. The lowest BCUT2D eigenvalue weighted by molar-refractivity contribution is 0.775. The van der Waals surface area contributed by atoms with Crippen molar-refractivity contribution in [3.63, 3.8) is 0 Å². The minimum atomic E-state index is -0.284. The lowest BCUT2D eigenvalue weighted by Crippen LogP contribution is -2.26. The molecule has 2 aromatic heterocycles. The van der Waals surface area contributed by atoms with Crippen LogP contribution in [0.4, 0.5) is 0 Å². The van der Waals surface area contributed by atoms with Gasteiger partial charge in [-0.05, 0) is 0 Å². The second kappa shape index (κ2) is 2.07. The number of hydrogen-bond acceptors (Lipinski definition) is 4. The quantitative estimate of drug-likeness (QED) is 0.499. The summed E-state index contributed by atoms with van der Waals surface area (Å²) >= 11 is 0. The van der Waals surface area contributed by atoms with Crippen LogP contribution >= 0.6 is 0 Å². The molecule has 6 heteroatoms. The van der Waals surface area contributed by atoms with E-state index in [9.17, 15) is 4.79 Å². The summed E-state index contributed by atoms with van der Waals surface area (Å²) in [6.07, 6.45) is 2.84. The van der Waals surface area contributed by atoms with E-state index in [1.165, 1.54) is 11.0 Å². The molecule has 62 valence electrons. The summed E-state index contributed by atoms with van der Waals surface area (Å²) in [7, 11) is 1.72. The van der Waals surface area contributed by atoms with Crippen molar-refractivity contribution in [3.05, 3.63) is 22.9 Å².